The molecule has 18 heavy (non-hydrogen) atoms. The summed E-state index contributed by atoms with van der Waals surface area (Å²) in [4.78, 5) is 0. The minimum atomic E-state index is -0.854. The van der Waals surface area contributed by atoms with Gasteiger partial charge in [0.2, 0.25) is 0 Å². The van der Waals surface area contributed by atoms with Gasteiger partial charge in [-0.1, -0.05) is 6.07 Å². The van der Waals surface area contributed by atoms with Crippen molar-refractivity contribution in [1.29, 1.82) is 0 Å². The Kier molecular flexibility index (Phi) is 3.74. The van der Waals surface area contributed by atoms with Crippen LogP contribution in [0.5, 0.6) is 0 Å². The van der Waals surface area contributed by atoms with Crippen LogP contribution in [0, 0.1) is 18.6 Å². The molecule has 0 radical (unpaired) electrons. The van der Waals surface area contributed by atoms with Crippen LogP contribution in [0.4, 0.5) is 8.78 Å². The molecule has 0 amide bonds. The molecule has 3 N–H and O–H groups in total. The maximum atomic E-state index is 13.1. The van der Waals surface area contributed by atoms with E-state index >= 15 is 0 Å². The van der Waals surface area contributed by atoms with Crippen LogP contribution in [-0.2, 0) is 6.42 Å². The average molecular weight is 252 g/mol. The van der Waals surface area contributed by atoms with Gasteiger partial charge in [0.05, 0.1) is 12.3 Å². The summed E-state index contributed by atoms with van der Waals surface area (Å²) in [5.41, 5.74) is 4.22. The van der Waals surface area contributed by atoms with Gasteiger partial charge in [-0.15, -0.1) is 0 Å². The van der Waals surface area contributed by atoms with Crippen LogP contribution in [0.25, 0.3) is 0 Å². The molecule has 0 saturated carbocycles. The summed E-state index contributed by atoms with van der Waals surface area (Å²) in [5.74, 6) is 4.53. The minimum absolute atomic E-state index is 0.200. The Labute approximate surface area is 104 Å². The third-order valence-electron chi connectivity index (χ3n) is 2.90. The number of aryl methyl sites for hydroxylation is 1. The fourth-order valence-corrected chi connectivity index (χ4v) is 1.92. The lowest BCUT2D eigenvalue weighted by Crippen LogP contribution is -2.29. The Morgan fingerprint density at radius 1 is 1.28 bits per heavy atom. The number of rotatable bonds is 4. The highest BCUT2D eigenvalue weighted by Gasteiger charge is 2.15. The van der Waals surface area contributed by atoms with Crippen LogP contribution < -0.4 is 11.3 Å². The second kappa shape index (κ2) is 5.29. The Hall–Kier alpha value is -1.72. The van der Waals surface area contributed by atoms with Crippen molar-refractivity contribution in [3.63, 3.8) is 0 Å². The number of nitrogens with two attached hydrogens (primary N) is 1. The number of nitrogens with one attached hydrogen (secondary N) is 1. The zero-order valence-corrected chi connectivity index (χ0v) is 9.91. The van der Waals surface area contributed by atoms with Crippen molar-refractivity contribution in [1.82, 2.24) is 5.43 Å². The predicted molar refractivity (Wildman–Crippen MR) is 63.6 cm³/mol. The SMILES string of the molecule is Cc1occc1C(Cc1ccc(F)c(F)c1)NN. The molecule has 0 bridgehead atoms. The number of halogens is 2. The fraction of sp³-hybridized carbons (Fsp3) is 0.231. The molecule has 5 heteroatoms. The van der Waals surface area contributed by atoms with E-state index in [2.05, 4.69) is 5.43 Å². The van der Waals surface area contributed by atoms with Crippen molar-refractivity contribution in [3.8, 4) is 0 Å². The number of benzene rings is 1. The standard InChI is InChI=1S/C13H14F2N2O/c1-8-10(4-5-18-8)13(17-16)7-9-2-3-11(14)12(15)6-9/h2-6,13,17H,7,16H2,1H3. The van der Waals surface area contributed by atoms with Crippen molar-refractivity contribution < 1.29 is 13.2 Å². The Morgan fingerprint density at radius 2 is 2.06 bits per heavy atom. The number of furan rings is 1. The molecular formula is C13H14F2N2O. The largest absolute Gasteiger partial charge is 0.469 e. The lowest BCUT2D eigenvalue weighted by molar-refractivity contribution is 0.494. The quantitative estimate of drug-likeness (QED) is 0.649. The molecule has 0 aliphatic carbocycles. The summed E-state index contributed by atoms with van der Waals surface area (Å²) in [7, 11) is 0. The fourth-order valence-electron chi connectivity index (χ4n) is 1.92. The first-order valence-corrected chi connectivity index (χ1v) is 5.56. The van der Waals surface area contributed by atoms with Gasteiger partial charge in [0.1, 0.15) is 5.76 Å². The molecule has 1 atom stereocenters. The number of hydrogen-bond donors (Lipinski definition) is 2. The first kappa shape index (κ1) is 12.7. The van der Waals surface area contributed by atoms with E-state index in [4.69, 9.17) is 10.3 Å². The molecule has 1 heterocycles. The van der Waals surface area contributed by atoms with Crippen LogP contribution in [0.3, 0.4) is 0 Å². The average Bonchev–Trinajstić information content (AvgIpc) is 2.77. The summed E-state index contributed by atoms with van der Waals surface area (Å²) in [5, 5.41) is 0. The maximum Gasteiger partial charge on any atom is 0.159 e. The summed E-state index contributed by atoms with van der Waals surface area (Å²) < 4.78 is 31.1. The summed E-state index contributed by atoms with van der Waals surface area (Å²) in [6.45, 7) is 1.82. The van der Waals surface area contributed by atoms with E-state index in [0.29, 0.717) is 12.0 Å². The molecule has 0 spiro atoms. The Bertz CT molecular complexity index is 540. The molecule has 3 nitrogen and oxygen atoms in total. The summed E-state index contributed by atoms with van der Waals surface area (Å²) in [6.07, 6.45) is 2.02. The van der Waals surface area contributed by atoms with Crippen molar-refractivity contribution in [2.24, 2.45) is 5.84 Å². The maximum absolute atomic E-state index is 13.1. The van der Waals surface area contributed by atoms with Crippen molar-refractivity contribution in [2.45, 2.75) is 19.4 Å². The van der Waals surface area contributed by atoms with Gasteiger partial charge in [0, 0.05) is 5.56 Å². The topological polar surface area (TPSA) is 51.2 Å². The molecule has 0 aliphatic heterocycles. The third kappa shape index (κ3) is 2.57. The van der Waals surface area contributed by atoms with Gasteiger partial charge >= 0.3 is 0 Å². The molecule has 1 unspecified atom stereocenters. The van der Waals surface area contributed by atoms with Crippen LogP contribution in [0.2, 0.25) is 0 Å². The molecule has 96 valence electrons. The molecule has 0 aliphatic rings. The van der Waals surface area contributed by atoms with E-state index in [9.17, 15) is 8.78 Å². The second-order valence-corrected chi connectivity index (χ2v) is 4.10. The van der Waals surface area contributed by atoms with Gasteiger partial charge in [0.15, 0.2) is 11.6 Å². The van der Waals surface area contributed by atoms with Crippen LogP contribution in [0.15, 0.2) is 34.9 Å². The van der Waals surface area contributed by atoms with Gasteiger partial charge in [-0.05, 0) is 37.1 Å². The number of hydrogen-bond acceptors (Lipinski definition) is 3. The lowest BCUT2D eigenvalue weighted by Gasteiger charge is -2.15. The number of hydrazine groups is 1. The van der Waals surface area contributed by atoms with E-state index in [0.717, 1.165) is 17.4 Å². The summed E-state index contributed by atoms with van der Waals surface area (Å²) in [6, 6.07) is 5.43. The molecule has 1 aromatic carbocycles. The lowest BCUT2D eigenvalue weighted by atomic mass is 10.00. The third-order valence-corrected chi connectivity index (χ3v) is 2.90. The van der Waals surface area contributed by atoms with E-state index in [1.807, 2.05) is 6.92 Å². The van der Waals surface area contributed by atoms with Crippen molar-refractivity contribution in [3.05, 3.63) is 59.1 Å². The molecule has 2 aromatic rings. The highest BCUT2D eigenvalue weighted by atomic mass is 19.2. The van der Waals surface area contributed by atoms with E-state index in [-0.39, 0.29) is 6.04 Å². The highest BCUT2D eigenvalue weighted by Crippen LogP contribution is 2.22. The molecule has 2 rings (SSSR count). The van der Waals surface area contributed by atoms with Crippen LogP contribution in [-0.4, -0.2) is 0 Å². The highest BCUT2D eigenvalue weighted by molar-refractivity contribution is 5.25. The van der Waals surface area contributed by atoms with Gasteiger partial charge in [-0.3, -0.25) is 11.3 Å². The zero-order chi connectivity index (χ0) is 13.1. The Morgan fingerprint density at radius 3 is 2.61 bits per heavy atom. The summed E-state index contributed by atoms with van der Waals surface area (Å²) >= 11 is 0. The van der Waals surface area contributed by atoms with Crippen molar-refractivity contribution >= 4 is 0 Å². The van der Waals surface area contributed by atoms with Gasteiger partial charge in [-0.2, -0.15) is 0 Å². The van der Waals surface area contributed by atoms with Gasteiger partial charge in [0.25, 0.3) is 0 Å². The van der Waals surface area contributed by atoms with Gasteiger partial charge in [-0.25, -0.2) is 8.78 Å². The smallest absolute Gasteiger partial charge is 0.159 e. The van der Waals surface area contributed by atoms with E-state index in [1.165, 1.54) is 12.1 Å². The molecular weight excluding hydrogens is 238 g/mol. The van der Waals surface area contributed by atoms with E-state index in [1.54, 1.807) is 12.3 Å². The predicted octanol–water partition coefficient (Wildman–Crippen LogP) is 2.61. The zero-order valence-electron chi connectivity index (χ0n) is 9.91. The molecule has 1 aromatic heterocycles. The minimum Gasteiger partial charge on any atom is -0.469 e. The van der Waals surface area contributed by atoms with Crippen LogP contribution in [0.1, 0.15) is 22.9 Å². The van der Waals surface area contributed by atoms with Gasteiger partial charge < -0.3 is 4.42 Å². The first-order valence-electron chi connectivity index (χ1n) is 5.56. The van der Waals surface area contributed by atoms with E-state index < -0.39 is 11.6 Å². The first-order chi connectivity index (χ1) is 8.61. The normalized spacial score (nSPS) is 12.7. The Balaban J connectivity index is 2.20. The molecule has 0 saturated heterocycles. The van der Waals surface area contributed by atoms with Crippen LogP contribution >= 0.6 is 0 Å². The van der Waals surface area contributed by atoms with Crippen molar-refractivity contribution in [2.75, 3.05) is 0 Å². The second-order valence-electron chi connectivity index (χ2n) is 4.10. The molecule has 0 fully saturated rings. The monoisotopic (exact) mass is 252 g/mol.